The van der Waals surface area contributed by atoms with E-state index < -0.39 is 0 Å². The smallest absolute Gasteiger partial charge is 0.149 e. The number of nitrogen functional groups attached to an aromatic ring is 1. The molecule has 0 aliphatic rings. The summed E-state index contributed by atoms with van der Waals surface area (Å²) in [6.45, 7) is 6.88. The number of nitrogens with one attached hydrogen (secondary N) is 1. The number of nitrogens with two attached hydrogens (primary N) is 1. The van der Waals surface area contributed by atoms with Gasteiger partial charge in [-0.3, -0.25) is 0 Å². The molecule has 0 aliphatic carbocycles. The highest BCUT2D eigenvalue weighted by Gasteiger charge is 2.14. The lowest BCUT2D eigenvalue weighted by Crippen LogP contribution is -2.31. The predicted octanol–water partition coefficient (Wildman–Crippen LogP) is 2.06. The first-order valence-corrected chi connectivity index (χ1v) is 5.53. The Bertz CT molecular complexity index is 339. The number of hydrogen-bond acceptors (Lipinski definition) is 4. The van der Waals surface area contributed by atoms with Gasteiger partial charge in [-0.1, -0.05) is 13.8 Å². The van der Waals surface area contributed by atoms with Gasteiger partial charge >= 0.3 is 0 Å². The third kappa shape index (κ3) is 3.38. The van der Waals surface area contributed by atoms with Crippen LogP contribution in [0.25, 0.3) is 0 Å². The molecule has 4 heteroatoms. The zero-order chi connectivity index (χ0) is 12.1. The standard InChI is InChI=1S/C12H21N3O/c1-8(2)11(7-16-4)15-12-10(13)6-5-9(3)14-12/h5-6,8,11H,7,13H2,1-4H3,(H,14,15). The van der Waals surface area contributed by atoms with E-state index in [-0.39, 0.29) is 6.04 Å². The predicted molar refractivity (Wildman–Crippen MR) is 67.5 cm³/mol. The molecule has 1 atom stereocenters. The zero-order valence-electron chi connectivity index (χ0n) is 10.4. The van der Waals surface area contributed by atoms with Crippen LogP contribution in [0, 0.1) is 12.8 Å². The molecule has 0 spiro atoms. The number of hydrogen-bond donors (Lipinski definition) is 2. The first kappa shape index (κ1) is 12.8. The molecule has 0 saturated heterocycles. The second-order valence-corrected chi connectivity index (χ2v) is 4.34. The summed E-state index contributed by atoms with van der Waals surface area (Å²) < 4.78 is 5.18. The number of methoxy groups -OCH3 is 1. The number of pyridine rings is 1. The molecular formula is C12H21N3O. The van der Waals surface area contributed by atoms with Crippen LogP contribution < -0.4 is 11.1 Å². The molecule has 4 nitrogen and oxygen atoms in total. The molecule has 0 aliphatic heterocycles. The Kier molecular flexibility index (Phi) is 4.55. The average molecular weight is 223 g/mol. The van der Waals surface area contributed by atoms with Crippen molar-refractivity contribution < 1.29 is 4.74 Å². The highest BCUT2D eigenvalue weighted by atomic mass is 16.5. The van der Waals surface area contributed by atoms with Crippen LogP contribution in [-0.2, 0) is 4.74 Å². The van der Waals surface area contributed by atoms with E-state index in [2.05, 4.69) is 24.1 Å². The summed E-state index contributed by atoms with van der Waals surface area (Å²) in [5.41, 5.74) is 7.50. The SMILES string of the molecule is COCC(Nc1nc(C)ccc1N)C(C)C. The lowest BCUT2D eigenvalue weighted by atomic mass is 10.1. The van der Waals surface area contributed by atoms with Crippen molar-refractivity contribution in [3.8, 4) is 0 Å². The number of anilines is 2. The fourth-order valence-corrected chi connectivity index (χ4v) is 1.44. The Morgan fingerprint density at radius 3 is 2.69 bits per heavy atom. The van der Waals surface area contributed by atoms with E-state index in [1.165, 1.54) is 0 Å². The molecule has 1 aromatic heterocycles. The highest BCUT2D eigenvalue weighted by Crippen LogP contribution is 2.18. The summed E-state index contributed by atoms with van der Waals surface area (Å²) in [5.74, 6) is 1.21. The van der Waals surface area contributed by atoms with Crippen LogP contribution in [-0.4, -0.2) is 24.7 Å². The van der Waals surface area contributed by atoms with Gasteiger partial charge in [0.15, 0.2) is 0 Å². The Balaban J connectivity index is 2.80. The normalized spacial score (nSPS) is 12.8. The van der Waals surface area contributed by atoms with Gasteiger partial charge in [0.2, 0.25) is 0 Å². The lowest BCUT2D eigenvalue weighted by molar-refractivity contribution is 0.171. The molecule has 1 rings (SSSR count). The summed E-state index contributed by atoms with van der Waals surface area (Å²) in [4.78, 5) is 4.39. The molecule has 0 aromatic carbocycles. The van der Waals surface area contributed by atoms with Crippen molar-refractivity contribution in [2.75, 3.05) is 24.8 Å². The van der Waals surface area contributed by atoms with Gasteiger partial charge in [0.1, 0.15) is 5.82 Å². The molecule has 0 saturated carbocycles. The van der Waals surface area contributed by atoms with Crippen LogP contribution in [0.1, 0.15) is 19.5 Å². The molecular weight excluding hydrogens is 202 g/mol. The second-order valence-electron chi connectivity index (χ2n) is 4.34. The van der Waals surface area contributed by atoms with Crippen molar-refractivity contribution in [2.45, 2.75) is 26.8 Å². The van der Waals surface area contributed by atoms with Gasteiger partial charge in [-0.25, -0.2) is 4.98 Å². The molecule has 16 heavy (non-hydrogen) atoms. The van der Waals surface area contributed by atoms with Crippen LogP contribution in [0.3, 0.4) is 0 Å². The monoisotopic (exact) mass is 223 g/mol. The van der Waals surface area contributed by atoms with E-state index >= 15 is 0 Å². The van der Waals surface area contributed by atoms with E-state index in [4.69, 9.17) is 10.5 Å². The van der Waals surface area contributed by atoms with Crippen LogP contribution in [0.5, 0.6) is 0 Å². The third-order valence-electron chi connectivity index (χ3n) is 2.54. The maximum Gasteiger partial charge on any atom is 0.149 e. The summed E-state index contributed by atoms with van der Waals surface area (Å²) in [6.07, 6.45) is 0. The minimum Gasteiger partial charge on any atom is -0.396 e. The second kappa shape index (κ2) is 5.70. The van der Waals surface area contributed by atoms with Crippen LogP contribution in [0.15, 0.2) is 12.1 Å². The lowest BCUT2D eigenvalue weighted by Gasteiger charge is -2.23. The van der Waals surface area contributed by atoms with Crippen molar-refractivity contribution >= 4 is 11.5 Å². The first-order valence-electron chi connectivity index (χ1n) is 5.53. The van der Waals surface area contributed by atoms with Crippen LogP contribution in [0.2, 0.25) is 0 Å². The number of rotatable bonds is 5. The molecule has 0 radical (unpaired) electrons. The molecule has 90 valence electrons. The molecule has 0 bridgehead atoms. The average Bonchev–Trinajstić information content (AvgIpc) is 2.22. The summed E-state index contributed by atoms with van der Waals surface area (Å²) in [7, 11) is 1.70. The van der Waals surface area contributed by atoms with E-state index in [9.17, 15) is 0 Å². The topological polar surface area (TPSA) is 60.2 Å². The van der Waals surface area contributed by atoms with E-state index in [1.54, 1.807) is 7.11 Å². The highest BCUT2D eigenvalue weighted by molar-refractivity contribution is 5.61. The van der Waals surface area contributed by atoms with Gasteiger partial charge in [-0.05, 0) is 25.0 Å². The Morgan fingerprint density at radius 1 is 1.44 bits per heavy atom. The molecule has 0 fully saturated rings. The number of nitrogens with zero attached hydrogens (tertiary/aromatic N) is 1. The van der Waals surface area contributed by atoms with Crippen molar-refractivity contribution in [1.29, 1.82) is 0 Å². The number of aromatic nitrogens is 1. The van der Waals surface area contributed by atoms with Gasteiger partial charge < -0.3 is 15.8 Å². The summed E-state index contributed by atoms with van der Waals surface area (Å²) in [6, 6.07) is 4.00. The number of ether oxygens (including phenoxy) is 1. The fraction of sp³-hybridized carbons (Fsp3) is 0.583. The van der Waals surface area contributed by atoms with E-state index in [0.717, 1.165) is 11.5 Å². The van der Waals surface area contributed by atoms with Gasteiger partial charge in [-0.2, -0.15) is 0 Å². The summed E-state index contributed by atoms with van der Waals surface area (Å²) >= 11 is 0. The molecule has 0 amide bonds. The first-order chi connectivity index (χ1) is 7.54. The van der Waals surface area contributed by atoms with E-state index in [1.807, 2.05) is 19.1 Å². The van der Waals surface area contributed by atoms with Crippen molar-refractivity contribution in [3.63, 3.8) is 0 Å². The Hall–Kier alpha value is -1.29. The maximum atomic E-state index is 5.87. The van der Waals surface area contributed by atoms with Crippen molar-refractivity contribution in [2.24, 2.45) is 5.92 Å². The van der Waals surface area contributed by atoms with E-state index in [0.29, 0.717) is 18.2 Å². The largest absolute Gasteiger partial charge is 0.396 e. The molecule has 3 N–H and O–H groups in total. The van der Waals surface area contributed by atoms with Crippen molar-refractivity contribution in [3.05, 3.63) is 17.8 Å². The Labute approximate surface area is 97.2 Å². The van der Waals surface area contributed by atoms with Gasteiger partial charge in [-0.15, -0.1) is 0 Å². The quantitative estimate of drug-likeness (QED) is 0.802. The Morgan fingerprint density at radius 2 is 2.12 bits per heavy atom. The van der Waals surface area contributed by atoms with Crippen LogP contribution in [0.4, 0.5) is 11.5 Å². The van der Waals surface area contributed by atoms with Crippen molar-refractivity contribution in [1.82, 2.24) is 4.98 Å². The number of aryl methyl sites for hydroxylation is 1. The molecule has 1 heterocycles. The zero-order valence-corrected chi connectivity index (χ0v) is 10.4. The minimum absolute atomic E-state index is 0.224. The molecule has 1 unspecified atom stereocenters. The summed E-state index contributed by atoms with van der Waals surface area (Å²) in [5, 5.41) is 3.33. The van der Waals surface area contributed by atoms with Crippen LogP contribution >= 0.6 is 0 Å². The van der Waals surface area contributed by atoms with Gasteiger partial charge in [0.05, 0.1) is 18.3 Å². The third-order valence-corrected chi connectivity index (χ3v) is 2.54. The maximum absolute atomic E-state index is 5.87. The molecule has 1 aromatic rings. The van der Waals surface area contributed by atoms with Gasteiger partial charge in [0, 0.05) is 12.8 Å². The van der Waals surface area contributed by atoms with Gasteiger partial charge in [0.25, 0.3) is 0 Å². The fourth-order valence-electron chi connectivity index (χ4n) is 1.44. The minimum atomic E-state index is 0.224.